The molecule has 3 heterocycles. The summed E-state index contributed by atoms with van der Waals surface area (Å²) in [6.07, 6.45) is -0.386. The number of aromatic nitrogens is 4. The third-order valence-corrected chi connectivity index (χ3v) is 6.40. The molecule has 2 aromatic heterocycles. The molecule has 2 fully saturated rings. The number of nitrogens with one attached hydrogen (secondary N) is 3. The van der Waals surface area contributed by atoms with E-state index in [1.54, 1.807) is 6.20 Å². The summed E-state index contributed by atoms with van der Waals surface area (Å²) in [7, 11) is 0. The van der Waals surface area contributed by atoms with Crippen LogP contribution in [0.15, 0.2) is 6.20 Å². The molecular weight excluding hydrogens is 443 g/mol. The quantitative estimate of drug-likeness (QED) is 0.558. The van der Waals surface area contributed by atoms with Gasteiger partial charge in [-0.05, 0) is 66.0 Å². The zero-order valence-corrected chi connectivity index (χ0v) is 19.4. The van der Waals surface area contributed by atoms with Crippen molar-refractivity contribution in [3.05, 3.63) is 6.20 Å². The zero-order chi connectivity index (χ0) is 23.1. The lowest BCUT2D eigenvalue weighted by molar-refractivity contribution is -0.182. The van der Waals surface area contributed by atoms with Crippen LogP contribution in [0.1, 0.15) is 58.9 Å². The van der Waals surface area contributed by atoms with Gasteiger partial charge < -0.3 is 16.0 Å². The molecule has 1 aliphatic heterocycles. The largest absolute Gasteiger partial charge is 0.391 e. The Morgan fingerprint density at radius 3 is 2.47 bits per heavy atom. The van der Waals surface area contributed by atoms with Crippen molar-refractivity contribution in [2.24, 2.45) is 5.92 Å². The van der Waals surface area contributed by atoms with Crippen molar-refractivity contribution in [3.63, 3.8) is 0 Å². The zero-order valence-electron chi connectivity index (χ0n) is 18.6. The van der Waals surface area contributed by atoms with Gasteiger partial charge in [0, 0.05) is 23.0 Å². The van der Waals surface area contributed by atoms with Crippen LogP contribution in [-0.4, -0.2) is 55.7 Å². The predicted octanol–water partition coefficient (Wildman–Crippen LogP) is 4.71. The minimum Gasteiger partial charge on any atom is -0.353 e. The molecule has 1 aliphatic carbocycles. The molecule has 0 radical (unpaired) electrons. The minimum absolute atomic E-state index is 0.00927. The van der Waals surface area contributed by atoms with Crippen molar-refractivity contribution in [2.45, 2.75) is 82.1 Å². The van der Waals surface area contributed by atoms with Gasteiger partial charge >= 0.3 is 6.18 Å². The van der Waals surface area contributed by atoms with E-state index in [2.05, 4.69) is 25.9 Å². The second-order valence-electron chi connectivity index (χ2n) is 9.95. The van der Waals surface area contributed by atoms with E-state index in [-0.39, 0.29) is 24.4 Å². The van der Waals surface area contributed by atoms with Crippen molar-refractivity contribution >= 4 is 34.7 Å². The van der Waals surface area contributed by atoms with Crippen LogP contribution in [0.5, 0.6) is 0 Å². The topological polar surface area (TPSA) is 79.7 Å². The Balaban J connectivity index is 1.68. The third-order valence-electron chi connectivity index (χ3n) is 6.04. The first-order valence-electron chi connectivity index (χ1n) is 11.2. The first-order chi connectivity index (χ1) is 15.0. The van der Waals surface area contributed by atoms with E-state index in [4.69, 9.17) is 16.6 Å². The maximum Gasteiger partial charge on any atom is 0.391 e. The van der Waals surface area contributed by atoms with Gasteiger partial charge in [0.1, 0.15) is 5.52 Å². The SMILES string of the molecule is CC(C)(C)Nc1ncc2nc(NC3CC(Cl)CC(C(F)(F)F)C3)n(C3CCNCC3)c2n1. The fourth-order valence-electron chi connectivity index (χ4n) is 4.62. The van der Waals surface area contributed by atoms with E-state index in [0.717, 1.165) is 25.9 Å². The van der Waals surface area contributed by atoms with E-state index < -0.39 is 23.5 Å². The van der Waals surface area contributed by atoms with Crippen LogP contribution < -0.4 is 16.0 Å². The number of fused-ring (bicyclic) bond motifs is 1. The molecule has 2 aliphatic rings. The van der Waals surface area contributed by atoms with Gasteiger partial charge in [-0.15, -0.1) is 11.6 Å². The molecule has 1 saturated carbocycles. The normalized spacial score (nSPS) is 25.8. The Morgan fingerprint density at radius 2 is 1.81 bits per heavy atom. The Bertz CT molecular complexity index is 934. The van der Waals surface area contributed by atoms with Gasteiger partial charge in [0.2, 0.25) is 11.9 Å². The summed E-state index contributed by atoms with van der Waals surface area (Å²) in [4.78, 5) is 13.8. The van der Waals surface area contributed by atoms with Gasteiger partial charge in [-0.1, -0.05) is 0 Å². The summed E-state index contributed by atoms with van der Waals surface area (Å²) in [5.74, 6) is -0.358. The van der Waals surface area contributed by atoms with Gasteiger partial charge in [0.05, 0.1) is 12.1 Å². The number of anilines is 2. The van der Waals surface area contributed by atoms with Gasteiger partial charge in [0.25, 0.3) is 0 Å². The number of rotatable bonds is 4. The lowest BCUT2D eigenvalue weighted by Crippen LogP contribution is -2.39. The molecule has 3 N–H and O–H groups in total. The molecule has 1 saturated heterocycles. The second-order valence-corrected chi connectivity index (χ2v) is 10.6. The van der Waals surface area contributed by atoms with Crippen molar-refractivity contribution in [1.29, 1.82) is 0 Å². The highest BCUT2D eigenvalue weighted by molar-refractivity contribution is 6.20. The summed E-state index contributed by atoms with van der Waals surface area (Å²) < 4.78 is 42.3. The molecule has 3 atom stereocenters. The predicted molar refractivity (Wildman–Crippen MR) is 120 cm³/mol. The summed E-state index contributed by atoms with van der Waals surface area (Å²) in [6, 6.07) is -0.259. The third kappa shape index (κ3) is 5.39. The van der Waals surface area contributed by atoms with Crippen molar-refractivity contribution < 1.29 is 13.2 Å². The average Bonchev–Trinajstić information content (AvgIpc) is 3.03. The number of alkyl halides is 4. The number of piperidine rings is 1. The van der Waals surface area contributed by atoms with Crippen molar-refractivity contribution in [1.82, 2.24) is 24.8 Å². The van der Waals surface area contributed by atoms with Gasteiger partial charge in [-0.25, -0.2) is 9.97 Å². The van der Waals surface area contributed by atoms with E-state index in [0.29, 0.717) is 29.5 Å². The van der Waals surface area contributed by atoms with E-state index >= 15 is 0 Å². The standard InChI is InChI=1S/C21H31ClF3N7/c1-20(2,3)31-18-27-11-16-17(30-18)32(15-4-6-26-7-5-15)19(29-16)28-14-9-12(21(23,24)25)8-13(22)10-14/h11-15,26H,4-10H2,1-3H3,(H,28,29)(H,27,30,31). The molecule has 7 nitrogen and oxygen atoms in total. The Kier molecular flexibility index (Phi) is 6.46. The highest BCUT2D eigenvalue weighted by atomic mass is 35.5. The second kappa shape index (κ2) is 8.85. The van der Waals surface area contributed by atoms with Crippen LogP contribution >= 0.6 is 11.6 Å². The maximum absolute atomic E-state index is 13.4. The molecule has 0 bridgehead atoms. The Hall–Kier alpha value is -1.81. The molecule has 0 spiro atoms. The fraction of sp³-hybridized carbons (Fsp3) is 0.762. The molecule has 32 heavy (non-hydrogen) atoms. The lowest BCUT2D eigenvalue weighted by Gasteiger charge is -2.34. The monoisotopic (exact) mass is 473 g/mol. The first kappa shape index (κ1) is 23.4. The van der Waals surface area contributed by atoms with Gasteiger partial charge in [-0.2, -0.15) is 18.2 Å². The minimum atomic E-state index is -4.25. The summed E-state index contributed by atoms with van der Waals surface area (Å²) in [5.41, 5.74) is 1.10. The highest BCUT2D eigenvalue weighted by Crippen LogP contribution is 2.40. The first-order valence-corrected chi connectivity index (χ1v) is 11.6. The Morgan fingerprint density at radius 1 is 1.09 bits per heavy atom. The summed E-state index contributed by atoms with van der Waals surface area (Å²) in [6.45, 7) is 7.82. The summed E-state index contributed by atoms with van der Waals surface area (Å²) in [5, 5.41) is 9.41. The number of hydrogen-bond acceptors (Lipinski definition) is 6. The number of imidazole rings is 1. The van der Waals surface area contributed by atoms with Gasteiger partial charge in [-0.3, -0.25) is 4.57 Å². The Labute approximate surface area is 190 Å². The number of hydrogen-bond donors (Lipinski definition) is 3. The number of nitrogens with zero attached hydrogens (tertiary/aromatic N) is 4. The fourth-order valence-corrected chi connectivity index (χ4v) is 5.05. The van der Waals surface area contributed by atoms with E-state index in [1.165, 1.54) is 0 Å². The van der Waals surface area contributed by atoms with Crippen LogP contribution in [0.25, 0.3) is 11.2 Å². The molecule has 3 unspecified atom stereocenters. The summed E-state index contributed by atoms with van der Waals surface area (Å²) >= 11 is 6.22. The molecule has 0 amide bonds. The molecule has 2 aromatic rings. The van der Waals surface area contributed by atoms with Crippen molar-refractivity contribution in [3.8, 4) is 0 Å². The van der Waals surface area contributed by atoms with Crippen LogP contribution in [0.4, 0.5) is 25.1 Å². The van der Waals surface area contributed by atoms with Gasteiger partial charge in [0.15, 0.2) is 5.65 Å². The smallest absolute Gasteiger partial charge is 0.353 e. The van der Waals surface area contributed by atoms with Crippen LogP contribution in [0.3, 0.4) is 0 Å². The highest BCUT2D eigenvalue weighted by Gasteiger charge is 2.45. The van der Waals surface area contributed by atoms with Crippen LogP contribution in [0, 0.1) is 5.92 Å². The maximum atomic E-state index is 13.4. The van der Waals surface area contributed by atoms with Crippen molar-refractivity contribution in [2.75, 3.05) is 23.7 Å². The van der Waals surface area contributed by atoms with Crippen LogP contribution in [0.2, 0.25) is 0 Å². The average molecular weight is 474 g/mol. The molecule has 178 valence electrons. The van der Waals surface area contributed by atoms with Crippen LogP contribution in [-0.2, 0) is 0 Å². The molecule has 11 heteroatoms. The lowest BCUT2D eigenvalue weighted by atomic mass is 9.85. The molecular formula is C21H31ClF3N7. The van der Waals surface area contributed by atoms with E-state index in [9.17, 15) is 13.2 Å². The molecule has 4 rings (SSSR count). The molecule has 0 aromatic carbocycles. The number of halogens is 4. The van der Waals surface area contributed by atoms with E-state index in [1.807, 2.05) is 25.3 Å².